The minimum atomic E-state index is -1.23. The maximum Gasteiger partial charge on any atom is 0.336 e. The molecule has 0 bridgehead atoms. The summed E-state index contributed by atoms with van der Waals surface area (Å²) in [5.41, 5.74) is -0.380. The van der Waals surface area contributed by atoms with Crippen molar-refractivity contribution in [2.24, 2.45) is 0 Å². The van der Waals surface area contributed by atoms with Gasteiger partial charge in [-0.1, -0.05) is 18.7 Å². The van der Waals surface area contributed by atoms with Crippen LogP contribution >= 0.6 is 0 Å². The van der Waals surface area contributed by atoms with Gasteiger partial charge in [0.15, 0.2) is 0 Å². The Kier molecular flexibility index (Phi) is 8.09. The Balaban J connectivity index is 0.000000364. The Morgan fingerprint density at radius 2 is 1.43 bits per heavy atom. The van der Waals surface area contributed by atoms with Gasteiger partial charge in [0.1, 0.15) is 0 Å². The number of rotatable bonds is 3. The standard InChI is InChI=1S/C8H6O4.C3H4O2.C3H6O/c9-7(10)5-3-1-2-4-6(5)8(11)12;1-2-3(4)5;1-3-2-4-3/h1-4H,(H,9,10)(H,11,12);2H,1H2,(H,4,5);3H,2H2,1H3. The summed E-state index contributed by atoms with van der Waals surface area (Å²) >= 11 is 0. The Morgan fingerprint density at radius 1 is 1.14 bits per heavy atom. The molecule has 1 aliphatic heterocycles. The van der Waals surface area contributed by atoms with Gasteiger partial charge in [-0.15, -0.1) is 0 Å². The van der Waals surface area contributed by atoms with E-state index in [1.54, 1.807) is 0 Å². The van der Waals surface area contributed by atoms with E-state index in [-0.39, 0.29) is 11.1 Å². The first-order valence-corrected chi connectivity index (χ1v) is 5.82. The number of aromatic carboxylic acids is 2. The molecular weight excluding hydrogens is 280 g/mol. The van der Waals surface area contributed by atoms with Gasteiger partial charge in [-0.3, -0.25) is 0 Å². The van der Waals surface area contributed by atoms with Crippen LogP contribution in [-0.2, 0) is 9.53 Å². The summed E-state index contributed by atoms with van der Waals surface area (Å²) in [6, 6.07) is 5.48. The van der Waals surface area contributed by atoms with Crippen molar-refractivity contribution in [3.05, 3.63) is 48.0 Å². The third-order valence-electron chi connectivity index (χ3n) is 2.06. The first-order valence-electron chi connectivity index (χ1n) is 5.82. The normalized spacial score (nSPS) is 14.4. The molecule has 1 aromatic rings. The molecule has 2 rings (SSSR count). The quantitative estimate of drug-likeness (QED) is 0.573. The number of hydrogen-bond donors (Lipinski definition) is 3. The molecule has 1 heterocycles. The highest BCUT2D eigenvalue weighted by Crippen LogP contribution is 2.07. The number of carboxylic acids is 3. The first kappa shape index (κ1) is 18.3. The van der Waals surface area contributed by atoms with Crippen LogP contribution in [0.2, 0.25) is 0 Å². The predicted molar refractivity (Wildman–Crippen MR) is 73.6 cm³/mol. The van der Waals surface area contributed by atoms with Crippen molar-refractivity contribution >= 4 is 17.9 Å². The molecule has 0 aliphatic carbocycles. The molecule has 3 N–H and O–H groups in total. The smallest absolute Gasteiger partial charge is 0.336 e. The van der Waals surface area contributed by atoms with Crippen molar-refractivity contribution in [1.82, 2.24) is 0 Å². The van der Waals surface area contributed by atoms with Crippen LogP contribution in [0.25, 0.3) is 0 Å². The minimum Gasteiger partial charge on any atom is -0.478 e. The van der Waals surface area contributed by atoms with E-state index in [0.29, 0.717) is 6.10 Å². The van der Waals surface area contributed by atoms with Gasteiger partial charge in [0, 0.05) is 6.08 Å². The molecule has 0 aromatic heterocycles. The number of epoxide rings is 1. The maximum atomic E-state index is 10.5. The zero-order chi connectivity index (χ0) is 16.4. The average Bonchev–Trinajstić information content (AvgIpc) is 3.22. The van der Waals surface area contributed by atoms with Crippen molar-refractivity contribution < 1.29 is 34.4 Å². The van der Waals surface area contributed by atoms with Gasteiger partial charge in [0.25, 0.3) is 0 Å². The molecule has 114 valence electrons. The van der Waals surface area contributed by atoms with Crippen LogP contribution in [0.1, 0.15) is 27.6 Å². The number of ether oxygens (including phenoxy) is 1. The summed E-state index contributed by atoms with van der Waals surface area (Å²) < 4.78 is 4.71. The van der Waals surface area contributed by atoms with Crippen LogP contribution in [-0.4, -0.2) is 45.9 Å². The molecule has 1 aromatic carbocycles. The van der Waals surface area contributed by atoms with Crippen LogP contribution in [0, 0.1) is 0 Å². The summed E-state index contributed by atoms with van der Waals surface area (Å²) in [7, 11) is 0. The zero-order valence-corrected chi connectivity index (χ0v) is 11.4. The van der Waals surface area contributed by atoms with Gasteiger partial charge in [-0.25, -0.2) is 14.4 Å². The summed E-state index contributed by atoms with van der Waals surface area (Å²) in [5, 5.41) is 24.7. The van der Waals surface area contributed by atoms with E-state index in [2.05, 4.69) is 13.5 Å². The van der Waals surface area contributed by atoms with Crippen LogP contribution in [0.4, 0.5) is 0 Å². The third-order valence-corrected chi connectivity index (χ3v) is 2.06. The predicted octanol–water partition coefficient (Wildman–Crippen LogP) is 1.75. The van der Waals surface area contributed by atoms with Crippen molar-refractivity contribution in [3.63, 3.8) is 0 Å². The fourth-order valence-electron chi connectivity index (χ4n) is 0.952. The molecule has 0 saturated carbocycles. The number of aliphatic carboxylic acids is 1. The first-order chi connectivity index (χ1) is 9.79. The van der Waals surface area contributed by atoms with E-state index < -0.39 is 17.9 Å². The van der Waals surface area contributed by atoms with Gasteiger partial charge >= 0.3 is 17.9 Å². The fraction of sp³-hybridized carbons (Fsp3) is 0.214. The molecular formula is C14H16O7. The lowest BCUT2D eigenvalue weighted by Gasteiger charge is -1.98. The Morgan fingerprint density at radius 3 is 1.57 bits per heavy atom. The van der Waals surface area contributed by atoms with Gasteiger partial charge in [-0.05, 0) is 19.1 Å². The van der Waals surface area contributed by atoms with Crippen molar-refractivity contribution in [1.29, 1.82) is 0 Å². The summed E-state index contributed by atoms with van der Waals surface area (Å²) in [4.78, 5) is 30.2. The van der Waals surface area contributed by atoms with Gasteiger partial charge < -0.3 is 20.1 Å². The number of benzene rings is 1. The molecule has 21 heavy (non-hydrogen) atoms. The minimum absolute atomic E-state index is 0.190. The highest BCUT2D eigenvalue weighted by molar-refractivity contribution is 6.01. The highest BCUT2D eigenvalue weighted by atomic mass is 16.6. The van der Waals surface area contributed by atoms with Gasteiger partial charge in [0.05, 0.1) is 23.8 Å². The van der Waals surface area contributed by atoms with Gasteiger partial charge in [0.2, 0.25) is 0 Å². The summed E-state index contributed by atoms with van der Waals surface area (Å²) in [6.07, 6.45) is 1.42. The Labute approximate surface area is 121 Å². The SMILES string of the molecule is C=CC(=O)O.CC1CO1.O=C(O)c1ccccc1C(=O)O. The van der Waals surface area contributed by atoms with Crippen LogP contribution in [0.3, 0.4) is 0 Å². The van der Waals surface area contributed by atoms with E-state index in [0.717, 1.165) is 12.7 Å². The second-order valence-corrected chi connectivity index (χ2v) is 3.84. The van der Waals surface area contributed by atoms with Crippen molar-refractivity contribution in [2.75, 3.05) is 6.61 Å². The second-order valence-electron chi connectivity index (χ2n) is 3.84. The van der Waals surface area contributed by atoms with E-state index in [9.17, 15) is 14.4 Å². The van der Waals surface area contributed by atoms with Crippen molar-refractivity contribution in [3.8, 4) is 0 Å². The lowest BCUT2D eigenvalue weighted by molar-refractivity contribution is -0.131. The largest absolute Gasteiger partial charge is 0.478 e. The number of carbonyl (C=O) groups is 3. The van der Waals surface area contributed by atoms with Crippen LogP contribution in [0.5, 0.6) is 0 Å². The van der Waals surface area contributed by atoms with Crippen LogP contribution in [0.15, 0.2) is 36.9 Å². The molecule has 1 fully saturated rings. The molecule has 7 heteroatoms. The lowest BCUT2D eigenvalue weighted by atomic mass is 10.1. The molecule has 7 nitrogen and oxygen atoms in total. The zero-order valence-electron chi connectivity index (χ0n) is 11.4. The average molecular weight is 296 g/mol. The molecule has 1 atom stereocenters. The molecule has 0 amide bonds. The van der Waals surface area contributed by atoms with E-state index in [1.807, 2.05) is 0 Å². The molecule has 1 saturated heterocycles. The fourth-order valence-corrected chi connectivity index (χ4v) is 0.952. The van der Waals surface area contributed by atoms with Gasteiger partial charge in [-0.2, -0.15) is 0 Å². The summed E-state index contributed by atoms with van der Waals surface area (Å²) in [6.45, 7) is 6.00. The third kappa shape index (κ3) is 8.95. The van der Waals surface area contributed by atoms with Crippen molar-refractivity contribution in [2.45, 2.75) is 13.0 Å². The van der Waals surface area contributed by atoms with E-state index in [4.69, 9.17) is 20.1 Å². The second kappa shape index (κ2) is 9.27. The molecule has 1 unspecified atom stereocenters. The van der Waals surface area contributed by atoms with Crippen LogP contribution < -0.4 is 0 Å². The topological polar surface area (TPSA) is 124 Å². The van der Waals surface area contributed by atoms with E-state index >= 15 is 0 Å². The number of hydrogen-bond acceptors (Lipinski definition) is 4. The Hall–Kier alpha value is -2.67. The molecule has 0 spiro atoms. The highest BCUT2D eigenvalue weighted by Gasteiger charge is 2.13. The maximum absolute atomic E-state index is 10.5. The Bertz CT molecular complexity index is 485. The monoisotopic (exact) mass is 296 g/mol. The number of carboxylic acid groups (broad SMARTS) is 3. The molecule has 0 radical (unpaired) electrons. The molecule has 1 aliphatic rings. The summed E-state index contributed by atoms with van der Waals surface area (Å²) in [5.74, 6) is -3.44. The van der Waals surface area contributed by atoms with E-state index in [1.165, 1.54) is 24.3 Å². The lowest BCUT2D eigenvalue weighted by Crippen LogP contribution is -2.06.